The molecule has 0 unspecified atom stereocenters. The Labute approximate surface area is 180 Å². The quantitative estimate of drug-likeness (QED) is 0.508. The highest BCUT2D eigenvalue weighted by Gasteiger charge is 2.28. The topological polar surface area (TPSA) is 54.5 Å². The van der Waals surface area contributed by atoms with E-state index in [1.54, 1.807) is 0 Å². The van der Waals surface area contributed by atoms with Crippen molar-refractivity contribution in [3.8, 4) is 11.1 Å². The molecule has 2 heterocycles. The van der Waals surface area contributed by atoms with E-state index in [-0.39, 0.29) is 12.6 Å². The first-order valence-corrected chi connectivity index (χ1v) is 10.1. The summed E-state index contributed by atoms with van der Waals surface area (Å²) < 4.78 is 5.79. The van der Waals surface area contributed by atoms with Gasteiger partial charge in [-0.15, -0.1) is 0 Å². The molecule has 1 amide bonds. The molecule has 31 heavy (non-hydrogen) atoms. The molecule has 1 N–H and O–H groups in total. The number of carbonyl (C=O) groups is 1. The van der Waals surface area contributed by atoms with Crippen LogP contribution in [0.15, 0.2) is 97.0 Å². The van der Waals surface area contributed by atoms with Crippen molar-refractivity contribution in [2.75, 3.05) is 11.6 Å². The van der Waals surface area contributed by atoms with Crippen molar-refractivity contribution in [1.29, 1.82) is 0 Å². The Morgan fingerprint density at radius 2 is 1.61 bits per heavy atom. The number of benzene rings is 3. The van der Waals surface area contributed by atoms with E-state index in [4.69, 9.17) is 9.72 Å². The summed E-state index contributed by atoms with van der Waals surface area (Å²) in [4.78, 5) is 18.3. The van der Waals surface area contributed by atoms with Gasteiger partial charge < -0.3 is 4.74 Å². The Balaban J connectivity index is 1.49. The molecule has 1 aromatic heterocycles. The molecule has 0 atom stereocenters. The number of ether oxygens (including phenoxy) is 1. The predicted octanol–water partition coefficient (Wildman–Crippen LogP) is 5.16. The highest BCUT2D eigenvalue weighted by atomic mass is 16.5. The van der Waals surface area contributed by atoms with E-state index in [0.717, 1.165) is 28.2 Å². The van der Waals surface area contributed by atoms with Gasteiger partial charge >= 0.3 is 0 Å². The lowest BCUT2D eigenvalue weighted by molar-refractivity contribution is -0.119. The van der Waals surface area contributed by atoms with Gasteiger partial charge in [0.05, 0.1) is 0 Å². The lowest BCUT2D eigenvalue weighted by Gasteiger charge is -2.19. The third-order valence-electron chi connectivity index (χ3n) is 5.27. The van der Waals surface area contributed by atoms with Crippen LogP contribution in [0, 0.1) is 0 Å². The van der Waals surface area contributed by atoms with Crippen LogP contribution in [-0.2, 0) is 9.53 Å². The van der Waals surface area contributed by atoms with Gasteiger partial charge in [-0.05, 0) is 34.5 Å². The fourth-order valence-electron chi connectivity index (χ4n) is 3.79. The van der Waals surface area contributed by atoms with E-state index in [0.29, 0.717) is 5.88 Å². The maximum absolute atomic E-state index is 11.7. The summed E-state index contributed by atoms with van der Waals surface area (Å²) in [5, 5.41) is 5.21. The Morgan fingerprint density at radius 3 is 2.35 bits per heavy atom. The molecule has 5 nitrogen and oxygen atoms in total. The first kappa shape index (κ1) is 18.9. The molecule has 0 bridgehead atoms. The first-order valence-electron chi connectivity index (χ1n) is 10.1. The maximum atomic E-state index is 11.7. The number of anilines is 1. The molecule has 5 heteroatoms. The zero-order valence-corrected chi connectivity index (χ0v) is 17.1. The molecular formula is C26H21N3O2. The zero-order chi connectivity index (χ0) is 21.2. The van der Waals surface area contributed by atoms with Gasteiger partial charge in [-0.2, -0.15) is 0 Å². The molecule has 1 aliphatic rings. The summed E-state index contributed by atoms with van der Waals surface area (Å²) in [7, 11) is 0. The summed E-state index contributed by atoms with van der Waals surface area (Å²) in [6.45, 7) is 1.75. The Hall–Kier alpha value is -4.12. The van der Waals surface area contributed by atoms with Gasteiger partial charge in [-0.3, -0.25) is 15.0 Å². The summed E-state index contributed by atoms with van der Waals surface area (Å²) in [5.41, 5.74) is 3.90. The van der Waals surface area contributed by atoms with Crippen molar-refractivity contribution in [2.45, 2.75) is 6.92 Å². The number of aromatic nitrogens is 1. The van der Waals surface area contributed by atoms with E-state index in [1.165, 1.54) is 17.7 Å². The molecule has 0 radical (unpaired) electrons. The van der Waals surface area contributed by atoms with Gasteiger partial charge in [-0.1, -0.05) is 66.7 Å². The van der Waals surface area contributed by atoms with Gasteiger partial charge in [-0.25, -0.2) is 4.98 Å². The van der Waals surface area contributed by atoms with Crippen LogP contribution in [0.3, 0.4) is 0 Å². The average Bonchev–Trinajstić information content (AvgIpc) is 3.22. The number of pyridine rings is 1. The minimum absolute atomic E-state index is 0.176. The lowest BCUT2D eigenvalue weighted by atomic mass is 10.0. The summed E-state index contributed by atoms with van der Waals surface area (Å²) in [6.07, 6.45) is 1.87. The smallest absolute Gasteiger partial charge is 0.223 e. The van der Waals surface area contributed by atoms with Gasteiger partial charge in [0.2, 0.25) is 11.8 Å². The van der Waals surface area contributed by atoms with E-state index in [9.17, 15) is 4.79 Å². The van der Waals surface area contributed by atoms with Crippen LogP contribution in [0.4, 0.5) is 5.82 Å². The Kier molecular flexibility index (Phi) is 4.84. The van der Waals surface area contributed by atoms with E-state index >= 15 is 0 Å². The maximum Gasteiger partial charge on any atom is 0.223 e. The molecule has 5 rings (SSSR count). The van der Waals surface area contributed by atoms with Crippen molar-refractivity contribution in [1.82, 2.24) is 10.3 Å². The normalized spacial score (nSPS) is 13.4. The van der Waals surface area contributed by atoms with Crippen molar-refractivity contribution in [3.63, 3.8) is 0 Å². The average molecular weight is 407 g/mol. The molecule has 4 aromatic rings. The zero-order valence-electron chi connectivity index (χ0n) is 17.1. The number of nitrogens with one attached hydrogen (secondary N) is 1. The molecule has 0 spiro atoms. The van der Waals surface area contributed by atoms with Gasteiger partial charge in [0.1, 0.15) is 11.5 Å². The number of amides is 1. The minimum Gasteiger partial charge on any atom is -0.456 e. The van der Waals surface area contributed by atoms with Crippen LogP contribution in [0.2, 0.25) is 0 Å². The molecule has 0 aliphatic carbocycles. The summed E-state index contributed by atoms with van der Waals surface area (Å²) >= 11 is 0. The largest absolute Gasteiger partial charge is 0.456 e. The van der Waals surface area contributed by atoms with Crippen LogP contribution < -0.4 is 10.2 Å². The van der Waals surface area contributed by atoms with E-state index < -0.39 is 0 Å². The molecule has 0 saturated heterocycles. The third-order valence-corrected chi connectivity index (χ3v) is 5.27. The lowest BCUT2D eigenvalue weighted by Crippen LogP contribution is -2.21. The van der Waals surface area contributed by atoms with Crippen molar-refractivity contribution in [2.24, 2.45) is 0 Å². The Morgan fingerprint density at radius 1 is 0.871 bits per heavy atom. The van der Waals surface area contributed by atoms with Crippen molar-refractivity contribution in [3.05, 3.63) is 103 Å². The van der Waals surface area contributed by atoms with Gasteiger partial charge in [0.25, 0.3) is 0 Å². The molecule has 0 fully saturated rings. The Bertz CT molecular complexity index is 1280. The summed E-state index contributed by atoms with van der Waals surface area (Å²) in [5.74, 6) is 1.02. The highest BCUT2D eigenvalue weighted by Crippen LogP contribution is 2.33. The van der Waals surface area contributed by atoms with Crippen molar-refractivity contribution >= 4 is 28.2 Å². The molecule has 152 valence electrons. The predicted molar refractivity (Wildman–Crippen MR) is 123 cm³/mol. The van der Waals surface area contributed by atoms with Crippen LogP contribution in [0.5, 0.6) is 0 Å². The molecule has 0 saturated carbocycles. The second-order valence-electron chi connectivity index (χ2n) is 7.39. The second-order valence-corrected chi connectivity index (χ2v) is 7.39. The number of fused-ring (bicyclic) bond motifs is 1. The monoisotopic (exact) mass is 407 g/mol. The minimum atomic E-state index is -0.176. The number of hydrogen-bond donors (Lipinski definition) is 1. The number of hydrogen-bond acceptors (Lipinski definition) is 4. The van der Waals surface area contributed by atoms with Gasteiger partial charge in [0, 0.05) is 24.2 Å². The standard InChI is InChI=1S/C26H21N3O2/c1-18(30)28-26-25(20-8-3-2-4-9-20)29(17-31-26)24-14-13-23(16-27-24)22-12-11-19-7-5-6-10-21(19)15-22/h2-16H,17H2,1H3,(H,28,30). The number of rotatable bonds is 4. The summed E-state index contributed by atoms with van der Waals surface area (Å²) in [6, 6.07) is 28.6. The second kappa shape index (κ2) is 7.95. The molecule has 1 aliphatic heterocycles. The first-order chi connectivity index (χ1) is 15.2. The van der Waals surface area contributed by atoms with Crippen molar-refractivity contribution < 1.29 is 9.53 Å². The van der Waals surface area contributed by atoms with Crippen LogP contribution in [-0.4, -0.2) is 17.6 Å². The van der Waals surface area contributed by atoms with Gasteiger partial charge in [0.15, 0.2) is 6.73 Å². The van der Waals surface area contributed by atoms with E-state index in [1.807, 2.05) is 59.6 Å². The molecular weight excluding hydrogens is 386 g/mol. The number of carbonyl (C=O) groups excluding carboxylic acids is 1. The fourth-order valence-corrected chi connectivity index (χ4v) is 3.79. The fraction of sp³-hybridized carbons (Fsp3) is 0.0769. The van der Waals surface area contributed by atoms with E-state index in [2.05, 4.69) is 41.7 Å². The molecule has 3 aromatic carbocycles. The van der Waals surface area contributed by atoms with Crippen LogP contribution >= 0.6 is 0 Å². The van der Waals surface area contributed by atoms with Crippen LogP contribution in [0.1, 0.15) is 12.5 Å². The highest BCUT2D eigenvalue weighted by molar-refractivity contribution is 5.88. The SMILES string of the molecule is CC(=O)NC1=C(c2ccccc2)N(c2ccc(-c3ccc4ccccc4c3)cn2)CO1. The number of nitrogens with zero attached hydrogens (tertiary/aromatic N) is 2. The van der Waals surface area contributed by atoms with Crippen LogP contribution in [0.25, 0.3) is 27.6 Å². The third kappa shape index (κ3) is 3.73.